The lowest BCUT2D eigenvalue weighted by molar-refractivity contribution is 0.464. The van der Waals surface area contributed by atoms with Crippen molar-refractivity contribution in [2.24, 2.45) is 14.1 Å². The van der Waals surface area contributed by atoms with Crippen molar-refractivity contribution in [3.63, 3.8) is 0 Å². The zero-order chi connectivity index (χ0) is 24.0. The average molecular weight is 459 g/mol. The van der Waals surface area contributed by atoms with E-state index in [4.69, 9.17) is 4.42 Å². The second kappa shape index (κ2) is 6.53. The summed E-state index contributed by atoms with van der Waals surface area (Å²) in [6, 6.07) is 8.30. The maximum atomic E-state index is 13.2. The van der Waals surface area contributed by atoms with Gasteiger partial charge in [0.15, 0.2) is 11.2 Å². The molecule has 0 radical (unpaired) electrons. The third-order valence-corrected chi connectivity index (χ3v) is 6.52. The molecule has 172 valence electrons. The van der Waals surface area contributed by atoms with Crippen molar-refractivity contribution in [3.8, 4) is 16.9 Å². The summed E-state index contributed by atoms with van der Waals surface area (Å²) >= 11 is 0. The van der Waals surface area contributed by atoms with E-state index in [1.54, 1.807) is 34.0 Å². The number of pyridine rings is 1. The van der Waals surface area contributed by atoms with Crippen LogP contribution in [0, 0.1) is 0 Å². The Morgan fingerprint density at radius 1 is 0.971 bits per heavy atom. The smallest absolute Gasteiger partial charge is 0.328 e. The number of aromatic nitrogens is 5. The number of nitrogens with one attached hydrogen (secondary N) is 2. The summed E-state index contributed by atoms with van der Waals surface area (Å²) in [4.78, 5) is 41.0. The van der Waals surface area contributed by atoms with Gasteiger partial charge in [-0.2, -0.15) is 0 Å². The predicted molar refractivity (Wildman–Crippen MR) is 130 cm³/mol. The summed E-state index contributed by atoms with van der Waals surface area (Å²) in [6.07, 6.45) is 0. The van der Waals surface area contributed by atoms with Crippen molar-refractivity contribution in [1.29, 1.82) is 0 Å². The van der Waals surface area contributed by atoms with Gasteiger partial charge in [-0.25, -0.2) is 4.79 Å². The molecule has 0 aliphatic carbocycles. The van der Waals surface area contributed by atoms with Gasteiger partial charge in [0, 0.05) is 31.1 Å². The van der Waals surface area contributed by atoms with Gasteiger partial charge in [0.2, 0.25) is 11.2 Å². The SMILES string of the molecule is CC(C)n1[nH]c(=O)c2c(-c3ccc4c(c3)n(C)c(=O)n4C)c3oc4c(O)c(=O)ccc4c3[nH]c21. The number of hydrogen-bond donors (Lipinski definition) is 3. The summed E-state index contributed by atoms with van der Waals surface area (Å²) in [5.74, 6) is -0.487. The first-order valence-corrected chi connectivity index (χ1v) is 10.8. The van der Waals surface area contributed by atoms with Gasteiger partial charge in [-0.1, -0.05) is 6.07 Å². The molecule has 0 atom stereocenters. The number of furan rings is 1. The zero-order valence-electron chi connectivity index (χ0n) is 18.9. The van der Waals surface area contributed by atoms with Crippen LogP contribution in [0.3, 0.4) is 0 Å². The van der Waals surface area contributed by atoms with Crippen LogP contribution in [0.2, 0.25) is 0 Å². The number of aromatic hydroxyl groups is 1. The molecule has 4 aromatic heterocycles. The molecule has 0 saturated carbocycles. The Hall–Kier alpha value is -4.47. The van der Waals surface area contributed by atoms with E-state index in [9.17, 15) is 19.5 Å². The van der Waals surface area contributed by atoms with Crippen LogP contribution in [-0.4, -0.2) is 29.0 Å². The van der Waals surface area contributed by atoms with Crippen LogP contribution in [0.4, 0.5) is 0 Å². The van der Waals surface area contributed by atoms with E-state index < -0.39 is 11.2 Å². The van der Waals surface area contributed by atoms with Crippen LogP contribution < -0.4 is 16.7 Å². The number of H-pyrrole nitrogens is 2. The highest BCUT2D eigenvalue weighted by Crippen LogP contribution is 2.40. The number of hydrogen-bond acceptors (Lipinski definition) is 5. The number of phenols is 1. The van der Waals surface area contributed by atoms with Crippen LogP contribution in [0.15, 0.2) is 49.1 Å². The van der Waals surface area contributed by atoms with E-state index >= 15 is 0 Å². The van der Waals surface area contributed by atoms with Gasteiger partial charge in [-0.05, 0) is 43.7 Å². The highest BCUT2D eigenvalue weighted by molar-refractivity contribution is 6.15. The third-order valence-electron chi connectivity index (χ3n) is 6.52. The molecular weight excluding hydrogens is 438 g/mol. The summed E-state index contributed by atoms with van der Waals surface area (Å²) in [6.45, 7) is 3.89. The number of aryl methyl sites for hydroxylation is 2. The van der Waals surface area contributed by atoms with Crippen molar-refractivity contribution in [2.45, 2.75) is 19.9 Å². The normalized spacial score (nSPS) is 12.3. The average Bonchev–Trinajstić information content (AvgIpc) is 3.42. The van der Waals surface area contributed by atoms with E-state index in [-0.39, 0.29) is 22.9 Å². The van der Waals surface area contributed by atoms with Crippen molar-refractivity contribution < 1.29 is 9.52 Å². The second-order valence-electron chi connectivity index (χ2n) is 8.83. The molecule has 10 nitrogen and oxygen atoms in total. The van der Waals surface area contributed by atoms with Crippen LogP contribution in [-0.2, 0) is 14.1 Å². The molecule has 0 unspecified atom stereocenters. The quantitative estimate of drug-likeness (QED) is 0.366. The highest BCUT2D eigenvalue weighted by Gasteiger charge is 2.24. The second-order valence-corrected chi connectivity index (χ2v) is 8.83. The highest BCUT2D eigenvalue weighted by atomic mass is 16.4. The number of phenolic OH excluding ortho intramolecular Hbond substituents is 1. The molecular formula is C24H21N5O5. The lowest BCUT2D eigenvalue weighted by Crippen LogP contribution is -2.19. The maximum Gasteiger partial charge on any atom is 0.328 e. The first-order valence-electron chi connectivity index (χ1n) is 10.8. The Morgan fingerprint density at radius 2 is 1.71 bits per heavy atom. The Labute approximate surface area is 190 Å². The van der Waals surface area contributed by atoms with E-state index in [1.165, 1.54) is 6.07 Å². The standard InChI is InChI=1S/C24H21N5O5/c1-10(2)29-22-17(23(32)26-29)16(11-5-7-13-14(9-11)28(4)24(33)27(13)3)21-18(25-22)12-6-8-15(30)19(31)20(12)34-21/h5-10,25,31H,1-4H3,(H,26,32). The number of benzene rings is 2. The fourth-order valence-electron chi connectivity index (χ4n) is 4.79. The van der Waals surface area contributed by atoms with Crippen molar-refractivity contribution in [1.82, 2.24) is 23.9 Å². The fourth-order valence-corrected chi connectivity index (χ4v) is 4.79. The van der Waals surface area contributed by atoms with Crippen molar-refractivity contribution in [2.75, 3.05) is 0 Å². The third kappa shape index (κ3) is 2.42. The van der Waals surface area contributed by atoms with Gasteiger partial charge in [0.1, 0.15) is 5.65 Å². The van der Waals surface area contributed by atoms with E-state index in [1.807, 2.05) is 32.0 Å². The number of nitrogens with zero attached hydrogens (tertiary/aromatic N) is 3. The molecule has 6 aromatic rings. The number of aromatic amines is 2. The monoisotopic (exact) mass is 459 g/mol. The van der Waals surface area contributed by atoms with Crippen LogP contribution in [0.25, 0.3) is 55.3 Å². The van der Waals surface area contributed by atoms with Crippen LogP contribution >= 0.6 is 0 Å². The van der Waals surface area contributed by atoms with Gasteiger partial charge in [-0.15, -0.1) is 0 Å². The molecule has 4 heterocycles. The first kappa shape index (κ1) is 20.2. The molecule has 0 amide bonds. The Bertz CT molecular complexity index is 1990. The van der Waals surface area contributed by atoms with Gasteiger partial charge >= 0.3 is 5.69 Å². The first-order chi connectivity index (χ1) is 16.2. The molecule has 0 fully saturated rings. The largest absolute Gasteiger partial charge is 0.502 e. The minimum Gasteiger partial charge on any atom is -0.502 e. The van der Waals surface area contributed by atoms with Gasteiger partial charge in [-0.3, -0.25) is 28.5 Å². The molecule has 0 bridgehead atoms. The lowest BCUT2D eigenvalue weighted by Gasteiger charge is -2.10. The molecule has 10 heteroatoms. The molecule has 0 aliphatic rings. The van der Waals surface area contributed by atoms with Crippen LogP contribution in [0.1, 0.15) is 19.9 Å². The zero-order valence-corrected chi connectivity index (χ0v) is 18.9. The Morgan fingerprint density at radius 3 is 2.44 bits per heavy atom. The van der Waals surface area contributed by atoms with Gasteiger partial charge < -0.3 is 14.5 Å². The lowest BCUT2D eigenvalue weighted by atomic mass is 10.0. The predicted octanol–water partition coefficient (Wildman–Crippen LogP) is 3.06. The molecule has 34 heavy (non-hydrogen) atoms. The van der Waals surface area contributed by atoms with Gasteiger partial charge in [0.25, 0.3) is 5.56 Å². The fraction of sp³-hybridized carbons (Fsp3) is 0.208. The minimum absolute atomic E-state index is 0.0494. The number of rotatable bonds is 2. The van der Waals surface area contributed by atoms with Gasteiger partial charge in [0.05, 0.1) is 21.9 Å². The van der Waals surface area contributed by atoms with E-state index in [2.05, 4.69) is 10.1 Å². The summed E-state index contributed by atoms with van der Waals surface area (Å²) in [5, 5.41) is 14.2. The molecule has 6 rings (SSSR count). The van der Waals surface area contributed by atoms with Crippen molar-refractivity contribution in [3.05, 3.63) is 61.4 Å². The topological polar surface area (TPSA) is 131 Å². The molecule has 3 N–H and O–H groups in total. The maximum absolute atomic E-state index is 13.2. The number of imidazole rings is 1. The summed E-state index contributed by atoms with van der Waals surface area (Å²) in [5.41, 5.74) is 3.06. The number of fused-ring (bicyclic) bond motifs is 5. The van der Waals surface area contributed by atoms with E-state index in [0.717, 1.165) is 5.52 Å². The molecule has 0 aliphatic heterocycles. The Kier molecular flexibility index (Phi) is 3.87. The van der Waals surface area contributed by atoms with E-state index in [0.29, 0.717) is 44.2 Å². The molecule has 2 aromatic carbocycles. The molecule has 0 spiro atoms. The Balaban J connectivity index is 1.86. The molecule has 0 saturated heterocycles. The minimum atomic E-state index is -0.553. The summed E-state index contributed by atoms with van der Waals surface area (Å²) < 4.78 is 10.9. The van der Waals surface area contributed by atoms with Crippen molar-refractivity contribution >= 4 is 44.1 Å². The summed E-state index contributed by atoms with van der Waals surface area (Å²) in [7, 11) is 3.39. The van der Waals surface area contributed by atoms with Crippen LogP contribution in [0.5, 0.6) is 5.75 Å².